The average molecular weight is 337 g/mol. The van der Waals surface area contributed by atoms with Gasteiger partial charge in [-0.1, -0.05) is 31.5 Å². The van der Waals surface area contributed by atoms with Gasteiger partial charge in [-0.2, -0.15) is 0 Å². The van der Waals surface area contributed by atoms with Gasteiger partial charge in [0.2, 0.25) is 0 Å². The molecule has 0 spiro atoms. The van der Waals surface area contributed by atoms with Gasteiger partial charge in [-0.15, -0.1) is 0 Å². The van der Waals surface area contributed by atoms with Gasteiger partial charge >= 0.3 is 0 Å². The Hall–Kier alpha value is -0.770. The number of halogens is 1. The van der Waals surface area contributed by atoms with Gasteiger partial charge < -0.3 is 5.11 Å². The Balaban J connectivity index is 1.66. The molecule has 2 aliphatic rings. The van der Waals surface area contributed by atoms with E-state index in [2.05, 4.69) is 23.6 Å². The van der Waals surface area contributed by atoms with Crippen molar-refractivity contribution in [1.29, 1.82) is 0 Å². The summed E-state index contributed by atoms with van der Waals surface area (Å²) in [6, 6.07) is 6.23. The number of benzene rings is 1. The minimum Gasteiger partial charge on any atom is -0.506 e. The molecule has 3 nitrogen and oxygen atoms in total. The van der Waals surface area contributed by atoms with Crippen LogP contribution in [0.4, 0.5) is 0 Å². The smallest absolute Gasteiger partial charge is 0.134 e. The molecular formula is C19H29ClN2O. The summed E-state index contributed by atoms with van der Waals surface area (Å²) >= 11 is 6.05. The van der Waals surface area contributed by atoms with Crippen LogP contribution in [0, 0.1) is 11.8 Å². The van der Waals surface area contributed by atoms with E-state index in [-0.39, 0.29) is 5.75 Å². The highest BCUT2D eigenvalue weighted by atomic mass is 35.5. The molecule has 1 aliphatic carbocycles. The first-order valence-corrected chi connectivity index (χ1v) is 9.34. The first-order chi connectivity index (χ1) is 11.0. The zero-order chi connectivity index (χ0) is 16.4. The van der Waals surface area contributed by atoms with Crippen LogP contribution in [-0.4, -0.2) is 47.1 Å². The molecule has 128 valence electrons. The molecule has 23 heavy (non-hydrogen) atoms. The lowest BCUT2D eigenvalue weighted by atomic mass is 10.0. The first kappa shape index (κ1) is 17.1. The van der Waals surface area contributed by atoms with Crippen LogP contribution >= 0.6 is 11.6 Å². The van der Waals surface area contributed by atoms with Crippen molar-refractivity contribution in [2.75, 3.05) is 26.2 Å². The van der Waals surface area contributed by atoms with Gasteiger partial charge in [0.15, 0.2) is 0 Å². The zero-order valence-electron chi connectivity index (χ0n) is 14.3. The molecule has 1 heterocycles. The Morgan fingerprint density at radius 3 is 2.70 bits per heavy atom. The number of rotatable bonds is 5. The molecule has 1 saturated carbocycles. The second-order valence-corrected chi connectivity index (χ2v) is 8.03. The number of nitrogens with zero attached hydrogens (tertiary/aromatic N) is 2. The Morgan fingerprint density at radius 2 is 2.04 bits per heavy atom. The second-order valence-electron chi connectivity index (χ2n) is 7.62. The summed E-state index contributed by atoms with van der Waals surface area (Å²) in [6.45, 7) is 10.4. The zero-order valence-corrected chi connectivity index (χ0v) is 15.1. The van der Waals surface area contributed by atoms with Crippen molar-refractivity contribution in [2.24, 2.45) is 11.8 Å². The molecule has 0 bridgehead atoms. The maximum Gasteiger partial charge on any atom is 0.134 e. The molecule has 4 heteroatoms. The Bertz CT molecular complexity index is 530. The Morgan fingerprint density at radius 1 is 1.26 bits per heavy atom. The first-order valence-electron chi connectivity index (χ1n) is 8.96. The summed E-state index contributed by atoms with van der Waals surface area (Å²) in [4.78, 5) is 5.30. The van der Waals surface area contributed by atoms with E-state index in [4.69, 9.17) is 11.6 Å². The topological polar surface area (TPSA) is 26.7 Å². The molecule has 3 rings (SSSR count). The van der Waals surface area contributed by atoms with Crippen LogP contribution in [0.2, 0.25) is 5.02 Å². The van der Waals surface area contributed by atoms with Crippen molar-refractivity contribution in [2.45, 2.75) is 45.7 Å². The molecule has 1 aromatic carbocycles. The minimum absolute atomic E-state index is 0.168. The van der Waals surface area contributed by atoms with Gasteiger partial charge in [0.1, 0.15) is 5.75 Å². The Labute approximate surface area is 145 Å². The highest BCUT2D eigenvalue weighted by molar-refractivity contribution is 6.32. The van der Waals surface area contributed by atoms with Crippen molar-refractivity contribution >= 4 is 11.6 Å². The largest absolute Gasteiger partial charge is 0.506 e. The lowest BCUT2D eigenvalue weighted by Crippen LogP contribution is -2.45. The van der Waals surface area contributed by atoms with Crippen LogP contribution in [0.3, 0.4) is 0 Å². The third-order valence-corrected chi connectivity index (χ3v) is 5.51. The summed E-state index contributed by atoms with van der Waals surface area (Å²) < 4.78 is 0. The molecule has 0 amide bonds. The van der Waals surface area contributed by atoms with Gasteiger partial charge in [0.05, 0.1) is 5.02 Å². The Kier molecular flexibility index (Phi) is 5.50. The van der Waals surface area contributed by atoms with E-state index in [0.717, 1.165) is 25.6 Å². The highest BCUT2D eigenvalue weighted by Crippen LogP contribution is 2.32. The maximum atomic E-state index is 9.58. The van der Waals surface area contributed by atoms with Crippen molar-refractivity contribution in [3.63, 3.8) is 0 Å². The molecule has 1 unspecified atom stereocenters. The monoisotopic (exact) mass is 336 g/mol. The van der Waals surface area contributed by atoms with Crippen LogP contribution < -0.4 is 0 Å². The molecule has 1 atom stereocenters. The minimum atomic E-state index is 0.168. The lowest BCUT2D eigenvalue weighted by Gasteiger charge is -2.34. The van der Waals surface area contributed by atoms with Gasteiger partial charge in [-0.25, -0.2) is 0 Å². The summed E-state index contributed by atoms with van der Waals surface area (Å²) in [5, 5.41) is 10.0. The van der Waals surface area contributed by atoms with Gasteiger partial charge in [0.25, 0.3) is 0 Å². The van der Waals surface area contributed by atoms with Crippen molar-refractivity contribution in [3.05, 3.63) is 28.8 Å². The molecule has 1 aromatic rings. The number of hydrogen-bond acceptors (Lipinski definition) is 3. The van der Waals surface area contributed by atoms with E-state index in [1.165, 1.54) is 37.9 Å². The van der Waals surface area contributed by atoms with Gasteiger partial charge in [-0.3, -0.25) is 9.80 Å². The molecule has 2 fully saturated rings. The number of hydrogen-bond donors (Lipinski definition) is 1. The predicted octanol–water partition coefficient (Wildman–Crippen LogP) is 3.99. The van der Waals surface area contributed by atoms with Crippen LogP contribution in [0.1, 0.15) is 38.7 Å². The van der Waals surface area contributed by atoms with Crippen LogP contribution in [0.15, 0.2) is 18.2 Å². The average Bonchev–Trinajstić information content (AvgIpc) is 3.32. The van der Waals surface area contributed by atoms with Crippen LogP contribution in [0.25, 0.3) is 0 Å². The van der Waals surface area contributed by atoms with Crippen molar-refractivity contribution in [1.82, 2.24) is 9.80 Å². The third-order valence-electron chi connectivity index (χ3n) is 5.21. The van der Waals surface area contributed by atoms with Gasteiger partial charge in [-0.05, 0) is 61.9 Å². The molecule has 1 N–H and O–H groups in total. The van der Waals surface area contributed by atoms with Crippen LogP contribution in [0.5, 0.6) is 5.75 Å². The molecule has 0 radical (unpaired) electrons. The fourth-order valence-electron chi connectivity index (χ4n) is 3.68. The van der Waals surface area contributed by atoms with E-state index in [0.29, 0.717) is 17.0 Å². The fraction of sp³-hybridized carbons (Fsp3) is 0.684. The number of aromatic hydroxyl groups is 1. The maximum absolute atomic E-state index is 9.58. The SMILES string of the molecule is CC(C)C1CN(Cc2ccc(O)c(Cl)c2)CCCN1CC1CC1. The van der Waals surface area contributed by atoms with E-state index in [1.807, 2.05) is 12.1 Å². The standard InChI is InChI=1S/C19H29ClN2O/c1-14(2)18-13-21(8-3-9-22(18)12-15-4-5-15)11-16-6-7-19(23)17(20)10-16/h6-7,10,14-15,18,23H,3-5,8-9,11-13H2,1-2H3. The summed E-state index contributed by atoms with van der Waals surface area (Å²) in [7, 11) is 0. The second kappa shape index (κ2) is 7.42. The van der Waals surface area contributed by atoms with E-state index in [9.17, 15) is 5.11 Å². The van der Waals surface area contributed by atoms with Crippen LogP contribution in [-0.2, 0) is 6.54 Å². The molecular weight excluding hydrogens is 308 g/mol. The fourth-order valence-corrected chi connectivity index (χ4v) is 3.88. The van der Waals surface area contributed by atoms with Gasteiger partial charge in [0, 0.05) is 25.7 Å². The quantitative estimate of drug-likeness (QED) is 0.880. The normalized spacial score (nSPS) is 24.1. The molecule has 1 saturated heterocycles. The lowest BCUT2D eigenvalue weighted by molar-refractivity contribution is 0.132. The van der Waals surface area contributed by atoms with E-state index in [1.54, 1.807) is 6.07 Å². The number of phenols is 1. The highest BCUT2D eigenvalue weighted by Gasteiger charge is 2.32. The van der Waals surface area contributed by atoms with E-state index >= 15 is 0 Å². The van der Waals surface area contributed by atoms with E-state index < -0.39 is 0 Å². The predicted molar refractivity (Wildman–Crippen MR) is 95.9 cm³/mol. The molecule has 1 aliphatic heterocycles. The summed E-state index contributed by atoms with van der Waals surface area (Å²) in [6.07, 6.45) is 4.09. The summed E-state index contributed by atoms with van der Waals surface area (Å²) in [5.41, 5.74) is 1.19. The molecule has 0 aromatic heterocycles. The van der Waals surface area contributed by atoms with Crippen molar-refractivity contribution < 1.29 is 5.11 Å². The summed E-state index contributed by atoms with van der Waals surface area (Å²) in [5.74, 6) is 1.80. The number of phenolic OH excluding ortho intramolecular Hbond substituents is 1. The third kappa shape index (κ3) is 4.62. The van der Waals surface area contributed by atoms with Crippen molar-refractivity contribution in [3.8, 4) is 5.75 Å².